The highest BCUT2D eigenvalue weighted by Crippen LogP contribution is 2.31. The fourth-order valence-corrected chi connectivity index (χ4v) is 3.21. The summed E-state index contributed by atoms with van der Waals surface area (Å²) >= 11 is 5.27. The molecule has 1 saturated heterocycles. The van der Waals surface area contributed by atoms with Gasteiger partial charge in [0.2, 0.25) is 11.9 Å². The number of aromatic amines is 1. The lowest BCUT2D eigenvalue weighted by molar-refractivity contribution is -0.122. The second-order valence-corrected chi connectivity index (χ2v) is 7.32. The number of aromatic nitrogens is 4. The second-order valence-electron chi connectivity index (χ2n) is 6.93. The van der Waals surface area contributed by atoms with Gasteiger partial charge < -0.3 is 46.5 Å². The Morgan fingerprint density at radius 3 is 2.70 bits per heavy atom. The average molecular weight is 478 g/mol. The summed E-state index contributed by atoms with van der Waals surface area (Å²) in [5.41, 5.74) is 6.12. The molecule has 2 unspecified atom stereocenters. The van der Waals surface area contributed by atoms with Gasteiger partial charge in [-0.25, -0.2) is 9.97 Å². The van der Waals surface area contributed by atoms with Crippen LogP contribution in [0.1, 0.15) is 6.23 Å². The van der Waals surface area contributed by atoms with Crippen LogP contribution in [0.15, 0.2) is 6.33 Å². The molecule has 1 fully saturated rings. The van der Waals surface area contributed by atoms with Crippen molar-refractivity contribution in [3.8, 4) is 23.7 Å². The molecule has 14 heteroatoms. The van der Waals surface area contributed by atoms with E-state index in [0.717, 1.165) is 0 Å². The zero-order valence-electron chi connectivity index (χ0n) is 17.2. The molecule has 1 aliphatic rings. The number of carbonyl (C=O) groups excluding carboxylic acids is 1. The van der Waals surface area contributed by atoms with Crippen molar-refractivity contribution in [2.24, 2.45) is 5.73 Å². The molecular weight excluding hydrogens is 454 g/mol. The standard InChI is InChI=1S/C19H23N7O6S/c20-10(7-27)16(31)21-5-3-1-2-4-6-22-19-24-15-12(17(33)25-19)23-9-26(15)18-14(30)13(29)11(8-28)32-18/h9-11,13-14,18,27-30H,5-8,20H2,(H,21,31)(H2,22,24,25,33)/t10?,11-,13+,14?,18-/m1/s1. The van der Waals surface area contributed by atoms with Gasteiger partial charge in [0.05, 0.1) is 32.6 Å². The van der Waals surface area contributed by atoms with Gasteiger partial charge in [0.25, 0.3) is 0 Å². The summed E-state index contributed by atoms with van der Waals surface area (Å²) in [5.74, 6) is 10.3. The fourth-order valence-electron chi connectivity index (χ4n) is 2.97. The second kappa shape index (κ2) is 11.2. The van der Waals surface area contributed by atoms with Gasteiger partial charge >= 0.3 is 0 Å². The summed E-state index contributed by atoms with van der Waals surface area (Å²) in [7, 11) is 0. The van der Waals surface area contributed by atoms with Crippen LogP contribution in [0.25, 0.3) is 11.2 Å². The third-order valence-corrected chi connectivity index (χ3v) is 4.99. The van der Waals surface area contributed by atoms with Gasteiger partial charge in [-0.15, -0.1) is 0 Å². The summed E-state index contributed by atoms with van der Waals surface area (Å²) in [6, 6.07) is -0.988. The van der Waals surface area contributed by atoms with E-state index in [1.807, 2.05) is 0 Å². The number of H-pyrrole nitrogens is 1. The number of ether oxygens (including phenoxy) is 1. The smallest absolute Gasteiger partial charge is 0.240 e. The maximum Gasteiger partial charge on any atom is 0.240 e. The van der Waals surface area contributed by atoms with E-state index >= 15 is 0 Å². The quantitative estimate of drug-likeness (QED) is 0.149. The summed E-state index contributed by atoms with van der Waals surface area (Å²) in [6.45, 7) is -0.684. The van der Waals surface area contributed by atoms with Crippen LogP contribution >= 0.6 is 12.2 Å². The zero-order chi connectivity index (χ0) is 24.0. The van der Waals surface area contributed by atoms with Gasteiger partial charge in [-0.05, 0) is 11.8 Å². The van der Waals surface area contributed by atoms with Crippen molar-refractivity contribution in [2.45, 2.75) is 30.6 Å². The maximum atomic E-state index is 11.4. The van der Waals surface area contributed by atoms with Crippen molar-refractivity contribution < 1.29 is 30.0 Å². The first-order valence-electron chi connectivity index (χ1n) is 9.80. The van der Waals surface area contributed by atoms with Crippen molar-refractivity contribution in [3.63, 3.8) is 0 Å². The van der Waals surface area contributed by atoms with Gasteiger partial charge in [-0.3, -0.25) is 9.36 Å². The van der Waals surface area contributed by atoms with E-state index in [1.165, 1.54) is 10.9 Å². The number of nitrogens with two attached hydrogens (primary N) is 1. The SMILES string of the molecule is NC(CO)C(=O)NCC#CC#CCNc1nc(=S)c2ncn([C@@H]3O[C@H](CO)[C@H](O)C3O)c2[nH]1. The normalized spacial score (nSPS) is 22.7. The molecule has 2 aromatic rings. The van der Waals surface area contributed by atoms with Gasteiger partial charge in [0, 0.05) is 0 Å². The topological polar surface area (TPSA) is 204 Å². The van der Waals surface area contributed by atoms with Crippen LogP contribution in [0.4, 0.5) is 5.95 Å². The number of hydrogen-bond donors (Lipinski definition) is 8. The molecule has 0 aromatic carbocycles. The number of nitrogens with zero attached hydrogens (tertiary/aromatic N) is 3. The molecule has 0 bridgehead atoms. The van der Waals surface area contributed by atoms with Crippen LogP contribution < -0.4 is 16.4 Å². The number of imidazole rings is 1. The van der Waals surface area contributed by atoms with Gasteiger partial charge in [-0.2, -0.15) is 0 Å². The molecule has 9 N–H and O–H groups in total. The monoisotopic (exact) mass is 477 g/mol. The Labute approximate surface area is 193 Å². The molecule has 33 heavy (non-hydrogen) atoms. The first-order valence-corrected chi connectivity index (χ1v) is 10.2. The number of aliphatic hydroxyl groups is 4. The summed E-state index contributed by atoms with van der Waals surface area (Å²) in [4.78, 5) is 22.7. The fraction of sp³-hybridized carbons (Fsp3) is 0.474. The van der Waals surface area contributed by atoms with E-state index in [2.05, 4.69) is 49.3 Å². The molecule has 1 amide bonds. The van der Waals surface area contributed by atoms with Crippen molar-refractivity contribution >= 4 is 35.2 Å². The van der Waals surface area contributed by atoms with E-state index < -0.39 is 49.7 Å². The van der Waals surface area contributed by atoms with E-state index in [-0.39, 0.29) is 23.7 Å². The lowest BCUT2D eigenvalue weighted by atomic mass is 10.1. The van der Waals surface area contributed by atoms with Gasteiger partial charge in [-0.1, -0.05) is 24.1 Å². The highest BCUT2D eigenvalue weighted by molar-refractivity contribution is 7.71. The average Bonchev–Trinajstić information content (AvgIpc) is 3.35. The van der Waals surface area contributed by atoms with Crippen LogP contribution in [0.3, 0.4) is 0 Å². The first kappa shape index (κ1) is 24.6. The molecule has 13 nitrogen and oxygen atoms in total. The molecule has 5 atom stereocenters. The number of fused-ring (bicyclic) bond motifs is 1. The Morgan fingerprint density at radius 2 is 2.03 bits per heavy atom. The van der Waals surface area contributed by atoms with Crippen molar-refractivity contribution in [1.29, 1.82) is 0 Å². The third-order valence-electron chi connectivity index (χ3n) is 4.71. The van der Waals surface area contributed by atoms with Crippen molar-refractivity contribution in [3.05, 3.63) is 11.0 Å². The Kier molecular flexibility index (Phi) is 8.32. The van der Waals surface area contributed by atoms with Crippen LogP contribution in [0, 0.1) is 28.3 Å². The van der Waals surface area contributed by atoms with E-state index in [0.29, 0.717) is 11.2 Å². The first-order chi connectivity index (χ1) is 15.9. The molecule has 3 heterocycles. The molecule has 2 aromatic heterocycles. The van der Waals surface area contributed by atoms with E-state index in [4.69, 9.17) is 27.8 Å². The van der Waals surface area contributed by atoms with E-state index in [9.17, 15) is 20.1 Å². The summed E-state index contributed by atoms with van der Waals surface area (Å²) in [5, 5.41) is 43.7. The predicted octanol–water partition coefficient (Wildman–Crippen LogP) is -3.05. The molecule has 0 saturated carbocycles. The Balaban J connectivity index is 1.64. The highest BCUT2D eigenvalue weighted by atomic mass is 32.1. The molecule has 3 rings (SSSR count). The number of nitrogens with one attached hydrogen (secondary N) is 3. The Bertz CT molecular complexity index is 1180. The Morgan fingerprint density at radius 1 is 1.30 bits per heavy atom. The maximum absolute atomic E-state index is 11.4. The molecule has 0 aliphatic carbocycles. The number of aliphatic hydroxyl groups excluding tert-OH is 4. The molecule has 0 radical (unpaired) electrons. The minimum absolute atomic E-state index is 0.0465. The van der Waals surface area contributed by atoms with Gasteiger partial charge in [0.1, 0.15) is 35.5 Å². The molecule has 1 aliphatic heterocycles. The number of carbonyl (C=O) groups is 1. The van der Waals surface area contributed by atoms with Crippen LogP contribution in [0.5, 0.6) is 0 Å². The lowest BCUT2D eigenvalue weighted by Crippen LogP contribution is -2.43. The molecular formula is C19H23N7O6S. The van der Waals surface area contributed by atoms with Crippen molar-refractivity contribution in [2.75, 3.05) is 31.6 Å². The molecule has 0 spiro atoms. The minimum atomic E-state index is -1.28. The molecule has 176 valence electrons. The number of amides is 1. The van der Waals surface area contributed by atoms with Crippen LogP contribution in [-0.2, 0) is 9.53 Å². The number of rotatable bonds is 7. The third kappa shape index (κ3) is 5.65. The van der Waals surface area contributed by atoms with Crippen LogP contribution in [0.2, 0.25) is 0 Å². The summed E-state index contributed by atoms with van der Waals surface area (Å²) in [6.07, 6.45) is -3.05. The number of hydrogen-bond acceptors (Lipinski definition) is 11. The van der Waals surface area contributed by atoms with E-state index in [1.54, 1.807) is 0 Å². The summed E-state index contributed by atoms with van der Waals surface area (Å²) < 4.78 is 7.21. The predicted molar refractivity (Wildman–Crippen MR) is 118 cm³/mol. The number of anilines is 1. The van der Waals surface area contributed by atoms with Gasteiger partial charge in [0.15, 0.2) is 10.9 Å². The highest BCUT2D eigenvalue weighted by Gasteiger charge is 2.43. The van der Waals surface area contributed by atoms with Crippen molar-refractivity contribution in [1.82, 2.24) is 24.8 Å². The largest absolute Gasteiger partial charge is 0.394 e. The minimum Gasteiger partial charge on any atom is -0.394 e. The van der Waals surface area contributed by atoms with Crippen LogP contribution in [-0.4, -0.2) is 96.5 Å². The lowest BCUT2D eigenvalue weighted by Gasteiger charge is -2.17. The Hall–Kier alpha value is -3.08. The zero-order valence-corrected chi connectivity index (χ0v) is 18.0.